The lowest BCUT2D eigenvalue weighted by Gasteiger charge is -2.04. The molecular weight excluding hydrogens is 258 g/mol. The highest BCUT2D eigenvalue weighted by molar-refractivity contribution is 9.09. The zero-order chi connectivity index (χ0) is 10.7. The minimum absolute atomic E-state index is 0.186. The quantitative estimate of drug-likeness (QED) is 0.868. The summed E-state index contributed by atoms with van der Waals surface area (Å²) in [5.41, 5.74) is 0.642. The Labute approximate surface area is 95.2 Å². The lowest BCUT2D eigenvalue weighted by atomic mass is 10.2. The smallest absolute Gasteiger partial charge is 0.290 e. The van der Waals surface area contributed by atoms with Gasteiger partial charge < -0.3 is 9.72 Å². The number of hydrogen-bond acceptors (Lipinski definition) is 2. The van der Waals surface area contributed by atoms with E-state index in [1.807, 2.05) is 24.3 Å². The van der Waals surface area contributed by atoms with Crippen molar-refractivity contribution in [3.8, 4) is 5.75 Å². The van der Waals surface area contributed by atoms with Gasteiger partial charge in [-0.05, 0) is 12.1 Å². The molecule has 3 nitrogen and oxygen atoms in total. The number of hydrogen-bond donors (Lipinski definition) is 1. The zero-order valence-corrected chi connectivity index (χ0v) is 9.58. The molecule has 0 bridgehead atoms. The SMILES string of the molecule is O=c1[nH]c2ccccc2cc1OCCBr. The highest BCUT2D eigenvalue weighted by Gasteiger charge is 2.02. The molecule has 0 unspecified atom stereocenters. The maximum Gasteiger partial charge on any atom is 0.290 e. The van der Waals surface area contributed by atoms with Crippen LogP contribution in [-0.2, 0) is 0 Å². The van der Waals surface area contributed by atoms with E-state index < -0.39 is 0 Å². The Morgan fingerprint density at radius 1 is 1.33 bits per heavy atom. The number of ether oxygens (including phenoxy) is 1. The molecule has 0 fully saturated rings. The number of alkyl halides is 1. The second-order valence-electron chi connectivity index (χ2n) is 3.09. The van der Waals surface area contributed by atoms with Crippen LogP contribution in [-0.4, -0.2) is 16.9 Å². The largest absolute Gasteiger partial charge is 0.487 e. The molecule has 2 rings (SSSR count). The van der Waals surface area contributed by atoms with Crippen LogP contribution in [0.15, 0.2) is 35.1 Å². The van der Waals surface area contributed by atoms with Crippen LogP contribution < -0.4 is 10.3 Å². The summed E-state index contributed by atoms with van der Waals surface area (Å²) in [5, 5.41) is 1.68. The lowest BCUT2D eigenvalue weighted by molar-refractivity contribution is 0.341. The van der Waals surface area contributed by atoms with Gasteiger partial charge in [0.1, 0.15) is 0 Å². The zero-order valence-electron chi connectivity index (χ0n) is 8.00. The number of halogens is 1. The second kappa shape index (κ2) is 4.49. The maximum absolute atomic E-state index is 11.5. The van der Waals surface area contributed by atoms with E-state index in [0.29, 0.717) is 17.7 Å². The molecule has 15 heavy (non-hydrogen) atoms. The van der Waals surface area contributed by atoms with Crippen molar-refractivity contribution < 1.29 is 4.74 Å². The standard InChI is InChI=1S/C11H10BrNO2/c12-5-6-15-10-7-8-3-1-2-4-9(8)13-11(10)14/h1-4,7H,5-6H2,(H,13,14). The predicted molar refractivity (Wildman–Crippen MR) is 63.9 cm³/mol. The third kappa shape index (κ3) is 2.21. The molecule has 0 amide bonds. The average molecular weight is 268 g/mol. The molecular formula is C11H10BrNO2. The Morgan fingerprint density at radius 3 is 2.93 bits per heavy atom. The van der Waals surface area contributed by atoms with Gasteiger partial charge in [-0.2, -0.15) is 0 Å². The van der Waals surface area contributed by atoms with E-state index >= 15 is 0 Å². The summed E-state index contributed by atoms with van der Waals surface area (Å²) in [6, 6.07) is 9.38. The van der Waals surface area contributed by atoms with Crippen LogP contribution in [0.5, 0.6) is 5.75 Å². The summed E-state index contributed by atoms with van der Waals surface area (Å²) < 4.78 is 5.30. The molecule has 0 aliphatic carbocycles. The van der Waals surface area contributed by atoms with Crippen LogP contribution in [0.25, 0.3) is 10.9 Å². The van der Waals surface area contributed by atoms with Crippen LogP contribution in [0, 0.1) is 0 Å². The van der Waals surface area contributed by atoms with Crippen LogP contribution in [0.1, 0.15) is 0 Å². The Hall–Kier alpha value is -1.29. The molecule has 2 aromatic rings. The first-order chi connectivity index (χ1) is 7.31. The number of aromatic nitrogens is 1. The van der Waals surface area contributed by atoms with Crippen LogP contribution in [0.3, 0.4) is 0 Å². The molecule has 0 atom stereocenters. The van der Waals surface area contributed by atoms with Gasteiger partial charge in [-0.25, -0.2) is 0 Å². The monoisotopic (exact) mass is 267 g/mol. The number of pyridine rings is 1. The summed E-state index contributed by atoms with van der Waals surface area (Å²) in [5.74, 6) is 0.369. The van der Waals surface area contributed by atoms with E-state index in [1.54, 1.807) is 6.07 Å². The van der Waals surface area contributed by atoms with Gasteiger partial charge in [0.05, 0.1) is 6.61 Å². The fourth-order valence-corrected chi connectivity index (χ4v) is 1.55. The highest BCUT2D eigenvalue weighted by atomic mass is 79.9. The van der Waals surface area contributed by atoms with Crippen LogP contribution in [0.2, 0.25) is 0 Å². The van der Waals surface area contributed by atoms with Crippen molar-refractivity contribution in [1.29, 1.82) is 0 Å². The van der Waals surface area contributed by atoms with Gasteiger partial charge in [-0.1, -0.05) is 34.1 Å². The number of rotatable bonds is 3. The van der Waals surface area contributed by atoms with Gasteiger partial charge in [0, 0.05) is 16.2 Å². The van der Waals surface area contributed by atoms with Crippen LogP contribution >= 0.6 is 15.9 Å². The number of nitrogens with one attached hydrogen (secondary N) is 1. The van der Waals surface area contributed by atoms with Crippen molar-refractivity contribution >= 4 is 26.8 Å². The van der Waals surface area contributed by atoms with Gasteiger partial charge in [-0.3, -0.25) is 4.79 Å². The highest BCUT2D eigenvalue weighted by Crippen LogP contribution is 2.13. The van der Waals surface area contributed by atoms with Crippen molar-refractivity contribution in [2.75, 3.05) is 11.9 Å². The van der Waals surface area contributed by atoms with Crippen LogP contribution in [0.4, 0.5) is 0 Å². The summed E-state index contributed by atoms with van der Waals surface area (Å²) in [6.07, 6.45) is 0. The fourth-order valence-electron chi connectivity index (χ4n) is 1.38. The number of fused-ring (bicyclic) bond motifs is 1. The first kappa shape index (κ1) is 10.2. The summed E-state index contributed by atoms with van der Waals surface area (Å²) in [4.78, 5) is 14.3. The molecule has 78 valence electrons. The Bertz CT molecular complexity index is 521. The molecule has 0 saturated carbocycles. The fraction of sp³-hybridized carbons (Fsp3) is 0.182. The third-order valence-electron chi connectivity index (χ3n) is 2.05. The molecule has 4 heteroatoms. The number of aromatic amines is 1. The second-order valence-corrected chi connectivity index (χ2v) is 3.88. The third-order valence-corrected chi connectivity index (χ3v) is 2.38. The van der Waals surface area contributed by atoms with Gasteiger partial charge in [0.25, 0.3) is 5.56 Å². The van der Waals surface area contributed by atoms with E-state index in [9.17, 15) is 4.79 Å². The Kier molecular flexibility index (Phi) is 3.06. The lowest BCUT2D eigenvalue weighted by Crippen LogP contribution is -2.12. The number of benzene rings is 1. The minimum Gasteiger partial charge on any atom is -0.487 e. The molecule has 1 aromatic heterocycles. The molecule has 0 spiro atoms. The molecule has 1 heterocycles. The van der Waals surface area contributed by atoms with E-state index in [4.69, 9.17) is 4.74 Å². The molecule has 1 aromatic carbocycles. The summed E-state index contributed by atoms with van der Waals surface area (Å²) >= 11 is 3.24. The number of H-pyrrole nitrogens is 1. The maximum atomic E-state index is 11.5. The molecule has 0 radical (unpaired) electrons. The van der Waals surface area contributed by atoms with E-state index in [0.717, 1.165) is 10.9 Å². The Balaban J connectivity index is 2.48. The summed E-state index contributed by atoms with van der Waals surface area (Å²) in [7, 11) is 0. The van der Waals surface area contributed by atoms with E-state index in [-0.39, 0.29) is 5.56 Å². The van der Waals surface area contributed by atoms with Crippen molar-refractivity contribution in [3.05, 3.63) is 40.7 Å². The minimum atomic E-state index is -0.186. The van der Waals surface area contributed by atoms with Gasteiger partial charge >= 0.3 is 0 Å². The molecule has 1 N–H and O–H groups in total. The molecule has 0 aliphatic rings. The first-order valence-corrected chi connectivity index (χ1v) is 5.74. The van der Waals surface area contributed by atoms with Crippen molar-refractivity contribution in [1.82, 2.24) is 4.98 Å². The van der Waals surface area contributed by atoms with Crippen molar-refractivity contribution in [3.63, 3.8) is 0 Å². The Morgan fingerprint density at radius 2 is 2.13 bits per heavy atom. The first-order valence-electron chi connectivity index (χ1n) is 4.62. The van der Waals surface area contributed by atoms with Crippen molar-refractivity contribution in [2.45, 2.75) is 0 Å². The predicted octanol–water partition coefficient (Wildman–Crippen LogP) is 2.30. The normalized spacial score (nSPS) is 10.5. The number of para-hydroxylation sites is 1. The van der Waals surface area contributed by atoms with Gasteiger partial charge in [0.2, 0.25) is 0 Å². The van der Waals surface area contributed by atoms with Crippen molar-refractivity contribution in [2.24, 2.45) is 0 Å². The topological polar surface area (TPSA) is 42.1 Å². The molecule has 0 aliphatic heterocycles. The van der Waals surface area contributed by atoms with Gasteiger partial charge in [0.15, 0.2) is 5.75 Å². The van der Waals surface area contributed by atoms with E-state index in [1.165, 1.54) is 0 Å². The van der Waals surface area contributed by atoms with Gasteiger partial charge in [-0.15, -0.1) is 0 Å². The average Bonchev–Trinajstić information content (AvgIpc) is 2.26. The molecule has 0 saturated heterocycles. The summed E-state index contributed by atoms with van der Waals surface area (Å²) in [6.45, 7) is 0.488. The van der Waals surface area contributed by atoms with E-state index in [2.05, 4.69) is 20.9 Å².